The molecule has 0 spiro atoms. The van der Waals surface area contributed by atoms with Crippen LogP contribution in [0.15, 0.2) is 64.5 Å². The van der Waals surface area contributed by atoms with Crippen LogP contribution in [-0.2, 0) is 17.9 Å². The summed E-state index contributed by atoms with van der Waals surface area (Å²) in [5, 5.41) is 4.93. The minimum absolute atomic E-state index is 0.0282. The Kier molecular flexibility index (Phi) is 6.73. The summed E-state index contributed by atoms with van der Waals surface area (Å²) in [6, 6.07) is 17.0. The molecule has 0 radical (unpaired) electrons. The molecule has 1 N–H and O–H groups in total. The van der Waals surface area contributed by atoms with Crippen LogP contribution in [0, 0.1) is 0 Å². The number of urea groups is 1. The third-order valence-electron chi connectivity index (χ3n) is 5.72. The van der Waals surface area contributed by atoms with Gasteiger partial charge in [0.2, 0.25) is 12.7 Å². The third kappa shape index (κ3) is 5.53. The van der Waals surface area contributed by atoms with Gasteiger partial charge in [-0.2, -0.15) is 0 Å². The van der Waals surface area contributed by atoms with Crippen molar-refractivity contribution >= 4 is 44.9 Å². The van der Waals surface area contributed by atoms with E-state index in [0.717, 1.165) is 27.8 Å². The molecule has 2 heterocycles. The smallest absolute Gasteiger partial charge is 0.322 e. The van der Waals surface area contributed by atoms with Crippen molar-refractivity contribution in [1.82, 2.24) is 9.80 Å². The Morgan fingerprint density at radius 1 is 1.03 bits per heavy atom. The molecular weight excluding hydrogens is 518 g/mol. The highest BCUT2D eigenvalue weighted by atomic mass is 79.9. The summed E-state index contributed by atoms with van der Waals surface area (Å²) in [6.07, 6.45) is 1.82. The minimum Gasteiger partial charge on any atom is -0.454 e. The number of nitrogens with one attached hydrogen (secondary N) is 1. The van der Waals surface area contributed by atoms with Crippen LogP contribution < -0.4 is 14.8 Å². The number of anilines is 1. The Morgan fingerprint density at radius 3 is 2.65 bits per heavy atom. The monoisotopic (exact) mass is 541 g/mol. The predicted molar refractivity (Wildman–Crippen MR) is 134 cm³/mol. The number of carbonyl (C=O) groups excluding carboxylic acids is 2. The first-order valence-electron chi connectivity index (χ1n) is 11.1. The summed E-state index contributed by atoms with van der Waals surface area (Å²) in [4.78, 5) is 31.1. The zero-order valence-electron chi connectivity index (χ0n) is 18.4. The predicted octanol–water partition coefficient (Wildman–Crippen LogP) is 5.46. The molecule has 2 aliphatic rings. The zero-order valence-corrected chi connectivity index (χ0v) is 20.8. The maximum atomic E-state index is 13.5. The number of thiophene rings is 1. The lowest BCUT2D eigenvalue weighted by molar-refractivity contribution is -0.133. The molecule has 7 nitrogen and oxygen atoms in total. The van der Waals surface area contributed by atoms with Gasteiger partial charge in [0.1, 0.15) is 6.54 Å². The molecule has 1 fully saturated rings. The lowest BCUT2D eigenvalue weighted by atomic mass is 10.2. The number of carbonyl (C=O) groups is 2. The summed E-state index contributed by atoms with van der Waals surface area (Å²) in [6.45, 7) is 1.14. The highest BCUT2D eigenvalue weighted by molar-refractivity contribution is 9.10. The van der Waals surface area contributed by atoms with Crippen LogP contribution in [-0.4, -0.2) is 41.1 Å². The standard InChI is InChI=1S/C25H24BrN3O4S/c26-18-3-1-4-19(12-18)27-25(31)29(20-7-8-20)15-24(30)28(14-21-5-2-10-34-21)13-17-6-9-22-23(11-17)33-16-32-22/h1-6,9-12,20H,7-8,13-16H2,(H,27,31). The largest absolute Gasteiger partial charge is 0.454 e. The molecule has 1 aliphatic heterocycles. The second kappa shape index (κ2) is 10.1. The van der Waals surface area contributed by atoms with Crippen molar-refractivity contribution in [3.8, 4) is 11.5 Å². The summed E-state index contributed by atoms with van der Waals surface area (Å²) in [5.74, 6) is 1.31. The third-order valence-corrected chi connectivity index (χ3v) is 7.07. The molecule has 1 saturated carbocycles. The van der Waals surface area contributed by atoms with E-state index in [-0.39, 0.29) is 31.3 Å². The molecule has 0 bridgehead atoms. The van der Waals surface area contributed by atoms with E-state index in [1.807, 2.05) is 60.0 Å². The fourth-order valence-electron chi connectivity index (χ4n) is 3.84. The van der Waals surface area contributed by atoms with E-state index in [4.69, 9.17) is 9.47 Å². The Hall–Kier alpha value is -3.04. The maximum absolute atomic E-state index is 13.5. The van der Waals surface area contributed by atoms with Gasteiger partial charge >= 0.3 is 6.03 Å². The van der Waals surface area contributed by atoms with Crippen LogP contribution in [0.4, 0.5) is 10.5 Å². The van der Waals surface area contributed by atoms with Gasteiger partial charge in [0.05, 0.1) is 6.54 Å². The lowest BCUT2D eigenvalue weighted by Gasteiger charge is -2.28. The molecule has 3 amide bonds. The van der Waals surface area contributed by atoms with E-state index in [1.54, 1.807) is 21.1 Å². The lowest BCUT2D eigenvalue weighted by Crippen LogP contribution is -2.45. The van der Waals surface area contributed by atoms with Crippen molar-refractivity contribution < 1.29 is 19.1 Å². The summed E-state index contributed by atoms with van der Waals surface area (Å²) in [5.41, 5.74) is 1.64. The van der Waals surface area contributed by atoms with Crippen molar-refractivity contribution in [2.24, 2.45) is 0 Å². The summed E-state index contributed by atoms with van der Waals surface area (Å²) >= 11 is 5.04. The molecule has 2 aromatic carbocycles. The van der Waals surface area contributed by atoms with E-state index in [1.165, 1.54) is 0 Å². The first-order valence-corrected chi connectivity index (χ1v) is 12.7. The quantitative estimate of drug-likeness (QED) is 0.410. The van der Waals surface area contributed by atoms with Crippen molar-refractivity contribution in [3.05, 3.63) is 74.9 Å². The molecule has 34 heavy (non-hydrogen) atoms. The number of nitrogens with zero attached hydrogens (tertiary/aromatic N) is 2. The van der Waals surface area contributed by atoms with Crippen molar-refractivity contribution in [2.45, 2.75) is 32.0 Å². The maximum Gasteiger partial charge on any atom is 0.322 e. The average Bonchev–Trinajstić information content (AvgIpc) is 3.32. The zero-order chi connectivity index (χ0) is 23.5. The molecule has 0 saturated heterocycles. The molecule has 1 aromatic heterocycles. The van der Waals surface area contributed by atoms with Crippen LogP contribution in [0.5, 0.6) is 11.5 Å². The Bertz CT molecular complexity index is 1180. The van der Waals surface area contributed by atoms with Crippen molar-refractivity contribution in [3.63, 3.8) is 0 Å². The van der Waals surface area contributed by atoms with Gasteiger partial charge < -0.3 is 24.6 Å². The number of halogens is 1. The second-order valence-electron chi connectivity index (χ2n) is 8.32. The molecule has 1 aliphatic carbocycles. The van der Waals surface area contributed by atoms with E-state index >= 15 is 0 Å². The average molecular weight is 542 g/mol. The van der Waals surface area contributed by atoms with Crippen LogP contribution in [0.2, 0.25) is 0 Å². The van der Waals surface area contributed by atoms with Crippen LogP contribution in [0.1, 0.15) is 23.3 Å². The summed E-state index contributed by atoms with van der Waals surface area (Å²) in [7, 11) is 0. The molecule has 0 unspecified atom stereocenters. The molecule has 9 heteroatoms. The van der Waals surface area contributed by atoms with Crippen molar-refractivity contribution in [2.75, 3.05) is 18.7 Å². The molecule has 0 atom stereocenters. The van der Waals surface area contributed by atoms with Gasteiger partial charge in [0.15, 0.2) is 11.5 Å². The topological polar surface area (TPSA) is 71.1 Å². The van der Waals surface area contributed by atoms with Crippen LogP contribution >= 0.6 is 27.3 Å². The van der Waals surface area contributed by atoms with Gasteiger partial charge in [-0.3, -0.25) is 4.79 Å². The van der Waals surface area contributed by atoms with Gasteiger partial charge in [0.25, 0.3) is 0 Å². The van der Waals surface area contributed by atoms with Crippen LogP contribution in [0.25, 0.3) is 0 Å². The minimum atomic E-state index is -0.256. The SMILES string of the molecule is O=C(CN(C(=O)Nc1cccc(Br)c1)C1CC1)N(Cc1ccc2c(c1)OCO2)Cc1cccs1. The number of hydrogen-bond donors (Lipinski definition) is 1. The normalized spacial score (nSPS) is 14.0. The van der Waals surface area contributed by atoms with Gasteiger partial charge in [0, 0.05) is 27.6 Å². The van der Waals surface area contributed by atoms with Gasteiger partial charge in [-0.25, -0.2) is 4.79 Å². The first kappa shape index (κ1) is 22.7. The van der Waals surface area contributed by atoms with Crippen LogP contribution in [0.3, 0.4) is 0 Å². The second-order valence-corrected chi connectivity index (χ2v) is 10.3. The Morgan fingerprint density at radius 2 is 1.88 bits per heavy atom. The fourth-order valence-corrected chi connectivity index (χ4v) is 4.96. The molecule has 5 rings (SSSR count). The highest BCUT2D eigenvalue weighted by Crippen LogP contribution is 2.33. The van der Waals surface area contributed by atoms with Gasteiger partial charge in [-0.1, -0.05) is 34.1 Å². The number of benzene rings is 2. The van der Waals surface area contributed by atoms with E-state index in [9.17, 15) is 9.59 Å². The molecular formula is C25H24BrN3O4S. The number of hydrogen-bond acceptors (Lipinski definition) is 5. The van der Waals surface area contributed by atoms with Gasteiger partial charge in [-0.05, 0) is 60.2 Å². The number of fused-ring (bicyclic) bond motifs is 1. The highest BCUT2D eigenvalue weighted by Gasteiger charge is 2.35. The summed E-state index contributed by atoms with van der Waals surface area (Å²) < 4.78 is 11.8. The number of amides is 3. The van der Waals surface area contributed by atoms with Crippen molar-refractivity contribution in [1.29, 1.82) is 0 Å². The number of rotatable bonds is 8. The fraction of sp³-hybridized carbons (Fsp3) is 0.280. The Balaban J connectivity index is 1.31. The Labute approximate surface area is 210 Å². The number of ether oxygens (including phenoxy) is 2. The van der Waals surface area contributed by atoms with E-state index in [2.05, 4.69) is 21.2 Å². The first-order chi connectivity index (χ1) is 16.5. The van der Waals surface area contributed by atoms with E-state index < -0.39 is 0 Å². The molecule has 176 valence electrons. The van der Waals surface area contributed by atoms with E-state index in [0.29, 0.717) is 30.3 Å². The molecule has 3 aromatic rings. The van der Waals surface area contributed by atoms with Gasteiger partial charge in [-0.15, -0.1) is 11.3 Å².